The Bertz CT molecular complexity index is 742. The Kier molecular flexibility index (Phi) is 5.11. The number of nitrogens with two attached hydrogens (primary N) is 1. The number of hydrogen-bond acceptors (Lipinski definition) is 5. The maximum atomic E-state index is 12.3. The van der Waals surface area contributed by atoms with E-state index in [0.717, 1.165) is 29.7 Å². The average Bonchev–Trinajstić information content (AvgIpc) is 2.78. The number of aromatic nitrogens is 1. The standard InChI is InChI=1S/C18H20N2O3/c1-4-5-7-13(14-8-6-9-20-11(14)2)10-15-17(22)16(12(3)21)18(19)23-15/h6-10H,4-5,19H2,1-3H3/b13-7-,15-10-. The number of Topliss-reactive ketones (excluding diaryl/α,β-unsaturated/α-hetero) is 2. The van der Waals surface area contributed by atoms with Crippen LogP contribution in [0, 0.1) is 6.92 Å². The number of ketones is 2. The highest BCUT2D eigenvalue weighted by atomic mass is 16.5. The molecule has 2 rings (SSSR count). The van der Waals surface area contributed by atoms with Gasteiger partial charge in [0.1, 0.15) is 5.57 Å². The number of ether oxygens (including phenoxy) is 1. The van der Waals surface area contributed by atoms with Crippen molar-refractivity contribution in [3.63, 3.8) is 0 Å². The number of allylic oxidation sites excluding steroid dienone is 4. The lowest BCUT2D eigenvalue weighted by atomic mass is 10.0. The van der Waals surface area contributed by atoms with E-state index in [2.05, 4.69) is 11.9 Å². The molecule has 0 fully saturated rings. The lowest BCUT2D eigenvalue weighted by molar-refractivity contribution is -0.118. The largest absolute Gasteiger partial charge is 0.437 e. The number of aryl methyl sites for hydroxylation is 1. The fraction of sp³-hybridized carbons (Fsp3) is 0.278. The van der Waals surface area contributed by atoms with Gasteiger partial charge in [0.15, 0.2) is 11.5 Å². The van der Waals surface area contributed by atoms with Gasteiger partial charge in [0.05, 0.1) is 0 Å². The summed E-state index contributed by atoms with van der Waals surface area (Å²) in [6.45, 7) is 5.27. The smallest absolute Gasteiger partial charge is 0.237 e. The van der Waals surface area contributed by atoms with Crippen molar-refractivity contribution in [2.45, 2.75) is 33.6 Å². The van der Waals surface area contributed by atoms with E-state index in [9.17, 15) is 9.59 Å². The van der Waals surface area contributed by atoms with Crippen LogP contribution in [0.2, 0.25) is 0 Å². The summed E-state index contributed by atoms with van der Waals surface area (Å²) in [5, 5.41) is 0. The summed E-state index contributed by atoms with van der Waals surface area (Å²) in [5.41, 5.74) is 8.16. The minimum Gasteiger partial charge on any atom is -0.437 e. The number of hydrogen-bond donors (Lipinski definition) is 1. The summed E-state index contributed by atoms with van der Waals surface area (Å²) in [5.74, 6) is -0.934. The Labute approximate surface area is 135 Å². The number of pyridine rings is 1. The van der Waals surface area contributed by atoms with Gasteiger partial charge in [-0.05, 0) is 38.0 Å². The van der Waals surface area contributed by atoms with Crippen molar-refractivity contribution in [2.75, 3.05) is 0 Å². The highest BCUT2D eigenvalue weighted by molar-refractivity contribution is 6.27. The lowest BCUT2D eigenvalue weighted by Crippen LogP contribution is -2.09. The van der Waals surface area contributed by atoms with Gasteiger partial charge >= 0.3 is 0 Å². The number of rotatable bonds is 5. The van der Waals surface area contributed by atoms with Crippen molar-refractivity contribution in [3.05, 3.63) is 59.0 Å². The summed E-state index contributed by atoms with van der Waals surface area (Å²) < 4.78 is 5.31. The second-order valence-corrected chi connectivity index (χ2v) is 5.32. The molecule has 0 saturated carbocycles. The molecule has 1 aliphatic rings. The van der Waals surface area contributed by atoms with Crippen LogP contribution in [0.3, 0.4) is 0 Å². The van der Waals surface area contributed by atoms with Crippen LogP contribution in [0.25, 0.3) is 5.57 Å². The van der Waals surface area contributed by atoms with Crippen molar-refractivity contribution < 1.29 is 14.3 Å². The topological polar surface area (TPSA) is 82.3 Å². The predicted molar refractivity (Wildman–Crippen MR) is 87.9 cm³/mol. The van der Waals surface area contributed by atoms with E-state index in [-0.39, 0.29) is 17.2 Å². The van der Waals surface area contributed by atoms with E-state index in [1.807, 2.05) is 25.1 Å². The Morgan fingerprint density at radius 3 is 2.74 bits per heavy atom. The highest BCUT2D eigenvalue weighted by Crippen LogP contribution is 2.27. The first kappa shape index (κ1) is 16.7. The van der Waals surface area contributed by atoms with Gasteiger partial charge in [-0.1, -0.05) is 25.5 Å². The molecule has 23 heavy (non-hydrogen) atoms. The highest BCUT2D eigenvalue weighted by Gasteiger charge is 2.32. The molecule has 0 spiro atoms. The second kappa shape index (κ2) is 7.05. The average molecular weight is 312 g/mol. The third-order valence-electron chi connectivity index (χ3n) is 3.53. The van der Waals surface area contributed by atoms with E-state index in [1.165, 1.54) is 6.92 Å². The minimum atomic E-state index is -0.473. The van der Waals surface area contributed by atoms with E-state index in [0.29, 0.717) is 0 Å². The zero-order valence-corrected chi connectivity index (χ0v) is 13.6. The summed E-state index contributed by atoms with van der Waals surface area (Å²) in [6, 6.07) is 3.77. The Morgan fingerprint density at radius 1 is 1.43 bits per heavy atom. The van der Waals surface area contributed by atoms with Gasteiger partial charge in [0.2, 0.25) is 11.7 Å². The molecule has 2 heterocycles. The maximum absolute atomic E-state index is 12.3. The van der Waals surface area contributed by atoms with Crippen molar-refractivity contribution in [1.82, 2.24) is 4.98 Å². The molecule has 1 aromatic heterocycles. The molecule has 5 heteroatoms. The van der Waals surface area contributed by atoms with Gasteiger partial charge < -0.3 is 10.5 Å². The van der Waals surface area contributed by atoms with Gasteiger partial charge in [-0.2, -0.15) is 0 Å². The molecule has 1 aliphatic heterocycles. The Hall–Kier alpha value is -2.69. The van der Waals surface area contributed by atoms with E-state index < -0.39 is 11.6 Å². The number of carbonyl (C=O) groups is 2. The molecule has 0 bridgehead atoms. The Balaban J connectivity index is 2.43. The molecule has 2 N–H and O–H groups in total. The van der Waals surface area contributed by atoms with Crippen LogP contribution < -0.4 is 5.73 Å². The fourth-order valence-electron chi connectivity index (χ4n) is 2.36. The lowest BCUT2D eigenvalue weighted by Gasteiger charge is -2.07. The number of nitrogens with zero attached hydrogens (tertiary/aromatic N) is 1. The molecular weight excluding hydrogens is 292 g/mol. The molecule has 0 aromatic carbocycles. The second-order valence-electron chi connectivity index (χ2n) is 5.32. The third-order valence-corrected chi connectivity index (χ3v) is 3.53. The fourth-order valence-corrected chi connectivity index (χ4v) is 2.36. The van der Waals surface area contributed by atoms with Crippen LogP contribution in [0.15, 0.2) is 47.7 Å². The van der Waals surface area contributed by atoms with Gasteiger partial charge in [-0.25, -0.2) is 0 Å². The van der Waals surface area contributed by atoms with Crippen LogP contribution in [0.5, 0.6) is 0 Å². The van der Waals surface area contributed by atoms with Gasteiger partial charge in [-0.3, -0.25) is 14.6 Å². The normalized spacial score (nSPS) is 16.9. The van der Waals surface area contributed by atoms with E-state index in [4.69, 9.17) is 10.5 Å². The SMILES string of the molecule is CCC/C=C(/C=C1\OC(N)=C(C(C)=O)C1=O)c1cccnc1C. The zero-order valence-electron chi connectivity index (χ0n) is 13.6. The molecular formula is C18H20N2O3. The monoisotopic (exact) mass is 312 g/mol. The molecule has 0 atom stereocenters. The number of unbranched alkanes of at least 4 members (excludes halogenated alkanes) is 1. The number of carbonyl (C=O) groups excluding carboxylic acids is 2. The first-order valence-corrected chi connectivity index (χ1v) is 7.52. The summed E-state index contributed by atoms with van der Waals surface area (Å²) in [6.07, 6.45) is 7.19. The van der Waals surface area contributed by atoms with Crippen molar-refractivity contribution in [1.29, 1.82) is 0 Å². The van der Waals surface area contributed by atoms with Gasteiger partial charge in [-0.15, -0.1) is 0 Å². The van der Waals surface area contributed by atoms with Gasteiger partial charge in [0, 0.05) is 17.5 Å². The van der Waals surface area contributed by atoms with Crippen molar-refractivity contribution in [2.24, 2.45) is 5.73 Å². The molecule has 5 nitrogen and oxygen atoms in total. The molecule has 0 unspecified atom stereocenters. The van der Waals surface area contributed by atoms with E-state index >= 15 is 0 Å². The quantitative estimate of drug-likeness (QED) is 0.668. The van der Waals surface area contributed by atoms with Crippen LogP contribution in [0.1, 0.15) is 37.9 Å². The van der Waals surface area contributed by atoms with Crippen molar-refractivity contribution >= 4 is 17.1 Å². The molecule has 0 aliphatic carbocycles. The van der Waals surface area contributed by atoms with Gasteiger partial charge in [0.25, 0.3) is 0 Å². The summed E-state index contributed by atoms with van der Waals surface area (Å²) >= 11 is 0. The van der Waals surface area contributed by atoms with Crippen LogP contribution in [-0.4, -0.2) is 16.6 Å². The van der Waals surface area contributed by atoms with Crippen molar-refractivity contribution in [3.8, 4) is 0 Å². The predicted octanol–water partition coefficient (Wildman–Crippen LogP) is 2.82. The molecule has 1 aromatic rings. The molecule has 0 amide bonds. The maximum Gasteiger partial charge on any atom is 0.237 e. The minimum absolute atomic E-state index is 0.0679. The van der Waals surface area contributed by atoms with Crippen LogP contribution in [-0.2, 0) is 14.3 Å². The summed E-state index contributed by atoms with van der Waals surface area (Å²) in [4.78, 5) is 28.1. The first-order valence-electron chi connectivity index (χ1n) is 7.52. The zero-order chi connectivity index (χ0) is 17.0. The van der Waals surface area contributed by atoms with Crippen LogP contribution in [0.4, 0.5) is 0 Å². The molecule has 0 saturated heterocycles. The van der Waals surface area contributed by atoms with Crippen LogP contribution >= 0.6 is 0 Å². The summed E-state index contributed by atoms with van der Waals surface area (Å²) in [7, 11) is 0. The Morgan fingerprint density at radius 2 is 2.17 bits per heavy atom. The molecule has 120 valence electrons. The third kappa shape index (κ3) is 3.56. The first-order chi connectivity index (χ1) is 11.0. The van der Waals surface area contributed by atoms with E-state index in [1.54, 1.807) is 12.3 Å². The molecule has 0 radical (unpaired) electrons.